The van der Waals surface area contributed by atoms with Gasteiger partial charge in [-0.3, -0.25) is 4.99 Å². The second-order valence-corrected chi connectivity index (χ2v) is 6.59. The van der Waals surface area contributed by atoms with E-state index in [0.717, 1.165) is 76.9 Å². The number of nitrogens with zero attached hydrogens (tertiary/aromatic N) is 1. The van der Waals surface area contributed by atoms with Crippen LogP contribution in [-0.4, -0.2) is 51.5 Å². The molecule has 1 fully saturated rings. The summed E-state index contributed by atoms with van der Waals surface area (Å²) < 4.78 is 16.5. The van der Waals surface area contributed by atoms with Crippen molar-refractivity contribution in [3.05, 3.63) is 24.2 Å². The minimum absolute atomic E-state index is 0.448. The molecule has 2 rings (SSSR count). The van der Waals surface area contributed by atoms with Crippen LogP contribution in [0.15, 0.2) is 27.8 Å². The lowest BCUT2D eigenvalue weighted by molar-refractivity contribution is 0.0104. The monoisotopic (exact) mass is 365 g/mol. The molecule has 0 spiro atoms. The van der Waals surface area contributed by atoms with E-state index in [4.69, 9.17) is 13.9 Å². The van der Waals surface area contributed by atoms with E-state index in [2.05, 4.69) is 15.6 Å². The van der Waals surface area contributed by atoms with E-state index >= 15 is 0 Å². The molecule has 1 aromatic heterocycles. The molecule has 0 bridgehead atoms. The smallest absolute Gasteiger partial charge is 0.191 e. The van der Waals surface area contributed by atoms with Crippen molar-refractivity contribution in [2.24, 2.45) is 4.99 Å². The van der Waals surface area contributed by atoms with Gasteiger partial charge in [0.05, 0.1) is 12.4 Å². The summed E-state index contributed by atoms with van der Waals surface area (Å²) in [6.45, 7) is 6.95. The Kier molecular flexibility index (Phi) is 10.9. The first-order valence-corrected chi connectivity index (χ1v) is 10.1. The fourth-order valence-corrected chi connectivity index (χ4v) is 3.01. The summed E-state index contributed by atoms with van der Waals surface area (Å²) in [6.07, 6.45) is 9.90. The van der Waals surface area contributed by atoms with E-state index < -0.39 is 0 Å². The molecule has 6 nitrogen and oxygen atoms in total. The Hall–Kier alpha value is -1.53. The first-order valence-electron chi connectivity index (χ1n) is 10.1. The SMILES string of the molecule is CCOCCCN=C(NCCCC1CCCCO1)NCCc1ccco1. The minimum atomic E-state index is 0.448. The van der Waals surface area contributed by atoms with Crippen LogP contribution >= 0.6 is 0 Å². The predicted octanol–water partition coefficient (Wildman–Crippen LogP) is 3.13. The molecule has 0 amide bonds. The highest BCUT2D eigenvalue weighted by Crippen LogP contribution is 2.16. The normalized spacial score (nSPS) is 18.0. The number of ether oxygens (including phenoxy) is 2. The van der Waals surface area contributed by atoms with Crippen molar-refractivity contribution >= 4 is 5.96 Å². The second kappa shape index (κ2) is 13.6. The van der Waals surface area contributed by atoms with Gasteiger partial charge in [0.1, 0.15) is 5.76 Å². The summed E-state index contributed by atoms with van der Waals surface area (Å²) in [5, 5.41) is 6.84. The van der Waals surface area contributed by atoms with Gasteiger partial charge in [0.2, 0.25) is 0 Å². The van der Waals surface area contributed by atoms with Crippen molar-refractivity contribution < 1.29 is 13.9 Å². The molecule has 26 heavy (non-hydrogen) atoms. The largest absolute Gasteiger partial charge is 0.469 e. The lowest BCUT2D eigenvalue weighted by atomic mass is 10.0. The number of furan rings is 1. The third kappa shape index (κ3) is 9.25. The van der Waals surface area contributed by atoms with Gasteiger partial charge in [-0.15, -0.1) is 0 Å². The molecule has 1 aromatic rings. The molecule has 0 radical (unpaired) electrons. The molecule has 1 unspecified atom stereocenters. The van der Waals surface area contributed by atoms with Gasteiger partial charge in [0.25, 0.3) is 0 Å². The van der Waals surface area contributed by atoms with Crippen LogP contribution in [0, 0.1) is 0 Å². The van der Waals surface area contributed by atoms with Crippen molar-refractivity contribution in [1.82, 2.24) is 10.6 Å². The van der Waals surface area contributed by atoms with Crippen LogP contribution in [0.4, 0.5) is 0 Å². The van der Waals surface area contributed by atoms with Gasteiger partial charge in [0.15, 0.2) is 5.96 Å². The van der Waals surface area contributed by atoms with Crippen LogP contribution in [0.1, 0.15) is 51.2 Å². The Balaban J connectivity index is 1.65. The summed E-state index contributed by atoms with van der Waals surface area (Å²) >= 11 is 0. The van der Waals surface area contributed by atoms with Crippen molar-refractivity contribution in [2.45, 2.75) is 58.0 Å². The average Bonchev–Trinajstić information content (AvgIpc) is 3.19. The molecule has 0 aromatic carbocycles. The minimum Gasteiger partial charge on any atom is -0.469 e. The number of guanidine groups is 1. The van der Waals surface area contributed by atoms with Crippen molar-refractivity contribution in [3.63, 3.8) is 0 Å². The standard InChI is InChI=1S/C20H35N3O3/c1-2-24-15-7-13-22-20(23-14-11-19-10-6-17-26-19)21-12-5-9-18-8-3-4-16-25-18/h6,10,17-18H,2-5,7-9,11-16H2,1H3,(H2,21,22,23). The van der Waals surface area contributed by atoms with Crippen LogP contribution in [0.25, 0.3) is 0 Å². The van der Waals surface area contributed by atoms with E-state index in [0.29, 0.717) is 6.10 Å². The maximum absolute atomic E-state index is 5.80. The van der Waals surface area contributed by atoms with Gasteiger partial charge in [0, 0.05) is 45.9 Å². The maximum atomic E-state index is 5.80. The van der Waals surface area contributed by atoms with Crippen LogP contribution in [0.3, 0.4) is 0 Å². The van der Waals surface area contributed by atoms with Gasteiger partial charge < -0.3 is 24.5 Å². The second-order valence-electron chi connectivity index (χ2n) is 6.59. The van der Waals surface area contributed by atoms with Gasteiger partial charge in [-0.2, -0.15) is 0 Å². The lowest BCUT2D eigenvalue weighted by Crippen LogP contribution is -2.39. The molecule has 148 valence electrons. The average molecular weight is 366 g/mol. The number of aliphatic imine (C=N–C) groups is 1. The summed E-state index contributed by atoms with van der Waals surface area (Å²) in [5.41, 5.74) is 0. The number of nitrogens with one attached hydrogen (secondary N) is 2. The van der Waals surface area contributed by atoms with Crippen molar-refractivity contribution in [1.29, 1.82) is 0 Å². The van der Waals surface area contributed by atoms with Gasteiger partial charge in [-0.1, -0.05) is 0 Å². The third-order valence-electron chi connectivity index (χ3n) is 4.43. The Morgan fingerprint density at radius 3 is 2.96 bits per heavy atom. The lowest BCUT2D eigenvalue weighted by Gasteiger charge is -2.22. The molecule has 0 saturated carbocycles. The zero-order chi connectivity index (χ0) is 18.3. The number of hydrogen-bond donors (Lipinski definition) is 2. The van der Waals surface area contributed by atoms with Crippen molar-refractivity contribution in [3.8, 4) is 0 Å². The fourth-order valence-electron chi connectivity index (χ4n) is 3.01. The van der Waals surface area contributed by atoms with E-state index in [1.54, 1.807) is 6.26 Å². The van der Waals surface area contributed by atoms with E-state index in [1.165, 1.54) is 19.3 Å². The molecule has 6 heteroatoms. The summed E-state index contributed by atoms with van der Waals surface area (Å²) in [6, 6.07) is 3.92. The maximum Gasteiger partial charge on any atom is 0.191 e. The first kappa shape index (κ1) is 20.8. The Morgan fingerprint density at radius 2 is 2.19 bits per heavy atom. The predicted molar refractivity (Wildman–Crippen MR) is 105 cm³/mol. The van der Waals surface area contributed by atoms with Crippen molar-refractivity contribution in [2.75, 3.05) is 39.5 Å². The fraction of sp³-hybridized carbons (Fsp3) is 0.750. The molecule has 1 atom stereocenters. The van der Waals surface area contributed by atoms with Gasteiger partial charge in [-0.25, -0.2) is 0 Å². The summed E-state index contributed by atoms with van der Waals surface area (Å²) in [4.78, 5) is 4.65. The number of rotatable bonds is 12. The third-order valence-corrected chi connectivity index (χ3v) is 4.43. The quantitative estimate of drug-likeness (QED) is 0.338. The molecule has 1 aliphatic heterocycles. The molecule has 2 N–H and O–H groups in total. The molecule has 1 saturated heterocycles. The molecule has 2 heterocycles. The summed E-state index contributed by atoms with van der Waals surface area (Å²) in [5.74, 6) is 1.86. The Bertz CT molecular complexity index is 471. The Morgan fingerprint density at radius 1 is 1.27 bits per heavy atom. The van der Waals surface area contributed by atoms with E-state index in [-0.39, 0.29) is 0 Å². The van der Waals surface area contributed by atoms with Crippen LogP contribution in [0.2, 0.25) is 0 Å². The summed E-state index contributed by atoms with van der Waals surface area (Å²) in [7, 11) is 0. The topological polar surface area (TPSA) is 68.0 Å². The van der Waals surface area contributed by atoms with Crippen LogP contribution in [0.5, 0.6) is 0 Å². The van der Waals surface area contributed by atoms with Gasteiger partial charge in [-0.05, 0) is 57.6 Å². The Labute approximate surface area is 157 Å². The van der Waals surface area contributed by atoms with E-state index in [1.807, 2.05) is 19.1 Å². The van der Waals surface area contributed by atoms with Gasteiger partial charge >= 0.3 is 0 Å². The van der Waals surface area contributed by atoms with E-state index in [9.17, 15) is 0 Å². The molecular weight excluding hydrogens is 330 g/mol. The molecule has 1 aliphatic rings. The zero-order valence-electron chi connectivity index (χ0n) is 16.2. The molecular formula is C20H35N3O3. The first-order chi connectivity index (χ1) is 12.9. The highest BCUT2D eigenvalue weighted by atomic mass is 16.5. The highest BCUT2D eigenvalue weighted by Gasteiger charge is 2.13. The zero-order valence-corrected chi connectivity index (χ0v) is 16.2. The van der Waals surface area contributed by atoms with Crippen LogP contribution in [-0.2, 0) is 15.9 Å². The van der Waals surface area contributed by atoms with Crippen LogP contribution < -0.4 is 10.6 Å². The molecule has 0 aliphatic carbocycles. The number of hydrogen-bond acceptors (Lipinski definition) is 4. The highest BCUT2D eigenvalue weighted by molar-refractivity contribution is 5.79.